The Morgan fingerprint density at radius 3 is 2.65 bits per heavy atom. The van der Waals surface area contributed by atoms with Crippen molar-refractivity contribution in [3.63, 3.8) is 0 Å². The molecule has 5 heteroatoms. The monoisotopic (exact) mass is 314 g/mol. The Morgan fingerprint density at radius 1 is 1.22 bits per heavy atom. The summed E-state index contributed by atoms with van der Waals surface area (Å²) in [5.41, 5.74) is 0.248. The van der Waals surface area contributed by atoms with Gasteiger partial charge in [-0.15, -0.1) is 0 Å². The zero-order chi connectivity index (χ0) is 16.3. The summed E-state index contributed by atoms with van der Waals surface area (Å²) < 4.78 is 13.4. The number of ether oxygens (including phenoxy) is 2. The SMILES string of the molecule is CO[C@]1(COc2ccccc2)CCN(C(=O)c2cccn2C)C1. The molecule has 0 aliphatic carbocycles. The van der Waals surface area contributed by atoms with E-state index in [9.17, 15) is 4.79 Å². The van der Waals surface area contributed by atoms with E-state index in [1.807, 2.05) is 65.2 Å². The molecule has 0 radical (unpaired) electrons. The molecular formula is C18H22N2O3. The van der Waals surface area contributed by atoms with Gasteiger partial charge in [-0.25, -0.2) is 0 Å². The quantitative estimate of drug-likeness (QED) is 0.851. The first-order valence-electron chi connectivity index (χ1n) is 7.77. The van der Waals surface area contributed by atoms with Crippen LogP contribution in [0.1, 0.15) is 16.9 Å². The van der Waals surface area contributed by atoms with E-state index in [2.05, 4.69) is 0 Å². The molecule has 122 valence electrons. The molecule has 0 saturated carbocycles. The van der Waals surface area contributed by atoms with Crippen LogP contribution in [-0.4, -0.2) is 47.8 Å². The minimum Gasteiger partial charge on any atom is -0.491 e. The number of methoxy groups -OCH3 is 1. The zero-order valence-corrected chi connectivity index (χ0v) is 13.6. The molecule has 2 heterocycles. The summed E-state index contributed by atoms with van der Waals surface area (Å²) in [7, 11) is 3.57. The van der Waals surface area contributed by atoms with Crippen LogP contribution in [0.25, 0.3) is 0 Å². The van der Waals surface area contributed by atoms with Gasteiger partial charge in [0.05, 0.1) is 6.54 Å². The van der Waals surface area contributed by atoms with E-state index in [1.54, 1.807) is 7.11 Å². The fraction of sp³-hybridized carbons (Fsp3) is 0.389. The van der Waals surface area contributed by atoms with Gasteiger partial charge in [0, 0.05) is 26.9 Å². The normalized spacial score (nSPS) is 20.7. The van der Waals surface area contributed by atoms with Gasteiger partial charge in [0.2, 0.25) is 0 Å². The van der Waals surface area contributed by atoms with Crippen molar-refractivity contribution < 1.29 is 14.3 Å². The van der Waals surface area contributed by atoms with E-state index in [4.69, 9.17) is 9.47 Å². The maximum atomic E-state index is 12.6. The second-order valence-corrected chi connectivity index (χ2v) is 5.97. The number of likely N-dealkylation sites (tertiary alicyclic amines) is 1. The summed E-state index contributed by atoms with van der Waals surface area (Å²) in [5.74, 6) is 0.854. The summed E-state index contributed by atoms with van der Waals surface area (Å²) >= 11 is 0. The predicted molar refractivity (Wildman–Crippen MR) is 87.6 cm³/mol. The number of benzene rings is 1. The molecule has 3 rings (SSSR count). The van der Waals surface area contributed by atoms with Crippen molar-refractivity contribution in [2.45, 2.75) is 12.0 Å². The number of aryl methyl sites for hydroxylation is 1. The molecule has 1 aromatic carbocycles. The molecule has 0 unspecified atom stereocenters. The first-order valence-corrected chi connectivity index (χ1v) is 7.77. The summed E-state index contributed by atoms with van der Waals surface area (Å²) in [6.45, 7) is 1.65. The molecule has 1 fully saturated rings. The minimum absolute atomic E-state index is 0.0381. The zero-order valence-electron chi connectivity index (χ0n) is 13.6. The van der Waals surface area contributed by atoms with Crippen LogP contribution < -0.4 is 4.74 Å². The van der Waals surface area contributed by atoms with Gasteiger partial charge in [-0.05, 0) is 30.7 Å². The third kappa shape index (κ3) is 3.24. The fourth-order valence-electron chi connectivity index (χ4n) is 2.94. The van der Waals surface area contributed by atoms with Crippen molar-refractivity contribution in [2.24, 2.45) is 7.05 Å². The van der Waals surface area contributed by atoms with E-state index in [1.165, 1.54) is 0 Å². The first kappa shape index (κ1) is 15.6. The first-order chi connectivity index (χ1) is 11.1. The van der Waals surface area contributed by atoms with Crippen LogP contribution >= 0.6 is 0 Å². The van der Waals surface area contributed by atoms with Crippen molar-refractivity contribution in [1.82, 2.24) is 9.47 Å². The summed E-state index contributed by atoms with van der Waals surface area (Å²) in [6.07, 6.45) is 2.65. The van der Waals surface area contributed by atoms with Gasteiger partial charge < -0.3 is 18.9 Å². The third-order valence-electron chi connectivity index (χ3n) is 4.44. The van der Waals surface area contributed by atoms with Crippen LogP contribution in [0.15, 0.2) is 48.7 Å². The number of rotatable bonds is 5. The van der Waals surface area contributed by atoms with E-state index in [0.29, 0.717) is 25.4 Å². The van der Waals surface area contributed by atoms with Gasteiger partial charge in [0.15, 0.2) is 0 Å². The van der Waals surface area contributed by atoms with Gasteiger partial charge in [-0.1, -0.05) is 18.2 Å². The average Bonchev–Trinajstić information content (AvgIpc) is 3.20. The number of aromatic nitrogens is 1. The molecule has 0 N–H and O–H groups in total. The Labute approximate surface area is 136 Å². The molecule has 5 nitrogen and oxygen atoms in total. The molecule has 1 aliphatic rings. The van der Waals surface area contributed by atoms with Gasteiger partial charge in [-0.3, -0.25) is 4.79 Å². The molecule has 2 aromatic rings. The van der Waals surface area contributed by atoms with Gasteiger partial charge in [0.1, 0.15) is 23.7 Å². The van der Waals surface area contributed by atoms with Crippen molar-refractivity contribution in [1.29, 1.82) is 0 Å². The smallest absolute Gasteiger partial charge is 0.270 e. The molecule has 1 aromatic heterocycles. The van der Waals surface area contributed by atoms with E-state index in [-0.39, 0.29) is 5.91 Å². The maximum Gasteiger partial charge on any atom is 0.270 e. The van der Waals surface area contributed by atoms with Crippen molar-refractivity contribution in [3.05, 3.63) is 54.4 Å². The van der Waals surface area contributed by atoms with Crippen molar-refractivity contribution in [2.75, 3.05) is 26.8 Å². The van der Waals surface area contributed by atoms with Crippen molar-refractivity contribution >= 4 is 5.91 Å². The molecule has 0 spiro atoms. The summed E-state index contributed by atoms with van der Waals surface area (Å²) in [6, 6.07) is 13.4. The van der Waals surface area contributed by atoms with Gasteiger partial charge >= 0.3 is 0 Å². The lowest BCUT2D eigenvalue weighted by Crippen LogP contribution is -2.42. The molecular weight excluding hydrogens is 292 g/mol. The third-order valence-corrected chi connectivity index (χ3v) is 4.44. The topological polar surface area (TPSA) is 43.7 Å². The largest absolute Gasteiger partial charge is 0.491 e. The molecule has 1 amide bonds. The average molecular weight is 314 g/mol. The standard InChI is InChI=1S/C18H22N2O3/c1-19-11-6-9-16(19)17(21)20-12-10-18(13-20,22-2)14-23-15-7-4-3-5-8-15/h3-9,11H,10,12-14H2,1-2H3/t18-/m1/s1. The fourth-order valence-corrected chi connectivity index (χ4v) is 2.94. The van der Waals surface area contributed by atoms with Crippen LogP contribution in [0.3, 0.4) is 0 Å². The number of hydrogen-bond donors (Lipinski definition) is 0. The Kier molecular flexibility index (Phi) is 4.39. The number of nitrogens with zero attached hydrogens (tertiary/aromatic N) is 2. The lowest BCUT2D eigenvalue weighted by molar-refractivity contribution is -0.0343. The van der Waals surface area contributed by atoms with Crippen LogP contribution in [0.4, 0.5) is 0 Å². The number of carbonyl (C=O) groups excluding carboxylic acids is 1. The second kappa shape index (κ2) is 6.46. The minimum atomic E-state index is -0.448. The Balaban J connectivity index is 1.66. The van der Waals surface area contributed by atoms with E-state index >= 15 is 0 Å². The molecule has 0 bridgehead atoms. The molecule has 1 saturated heterocycles. The highest BCUT2D eigenvalue weighted by molar-refractivity contribution is 5.93. The maximum absolute atomic E-state index is 12.6. The number of para-hydroxylation sites is 1. The van der Waals surface area contributed by atoms with Crippen molar-refractivity contribution in [3.8, 4) is 5.75 Å². The second-order valence-electron chi connectivity index (χ2n) is 5.97. The van der Waals surface area contributed by atoms with Crippen LogP contribution in [0, 0.1) is 0 Å². The van der Waals surface area contributed by atoms with E-state index < -0.39 is 5.60 Å². The Morgan fingerprint density at radius 2 is 2.00 bits per heavy atom. The van der Waals surface area contributed by atoms with E-state index in [0.717, 1.165) is 12.2 Å². The van der Waals surface area contributed by atoms with Gasteiger partial charge in [0.25, 0.3) is 5.91 Å². The number of amides is 1. The molecule has 1 aliphatic heterocycles. The number of carbonyl (C=O) groups is 1. The van der Waals surface area contributed by atoms with Crippen LogP contribution in [-0.2, 0) is 11.8 Å². The highest BCUT2D eigenvalue weighted by atomic mass is 16.5. The number of hydrogen-bond acceptors (Lipinski definition) is 3. The Hall–Kier alpha value is -2.27. The summed E-state index contributed by atoms with van der Waals surface area (Å²) in [4.78, 5) is 14.5. The van der Waals surface area contributed by atoms with Crippen LogP contribution in [0.5, 0.6) is 5.75 Å². The highest BCUT2D eigenvalue weighted by Gasteiger charge is 2.41. The van der Waals surface area contributed by atoms with Crippen LogP contribution in [0.2, 0.25) is 0 Å². The highest BCUT2D eigenvalue weighted by Crippen LogP contribution is 2.27. The lowest BCUT2D eigenvalue weighted by Gasteiger charge is -2.28. The predicted octanol–water partition coefficient (Wildman–Crippen LogP) is 2.34. The van der Waals surface area contributed by atoms with Gasteiger partial charge in [-0.2, -0.15) is 0 Å². The summed E-state index contributed by atoms with van der Waals surface area (Å²) in [5, 5.41) is 0. The Bertz CT molecular complexity index is 668. The molecule has 23 heavy (non-hydrogen) atoms. The molecule has 1 atom stereocenters. The lowest BCUT2D eigenvalue weighted by atomic mass is 10.0.